The maximum Gasteiger partial charge on any atom is 0.246 e. The molecule has 0 aliphatic carbocycles. The van der Waals surface area contributed by atoms with Crippen molar-refractivity contribution in [2.24, 2.45) is 5.73 Å². The second-order valence-electron chi connectivity index (χ2n) is 3.87. The molecule has 0 aliphatic rings. The molecule has 0 radical (unpaired) electrons. The van der Waals surface area contributed by atoms with Gasteiger partial charge in [0.25, 0.3) is 0 Å². The van der Waals surface area contributed by atoms with Gasteiger partial charge in [0.05, 0.1) is 12.5 Å². The van der Waals surface area contributed by atoms with Crippen molar-refractivity contribution < 1.29 is 9.63 Å². The summed E-state index contributed by atoms with van der Waals surface area (Å²) in [5, 5.41) is 16.0. The third kappa shape index (κ3) is 2.87. The number of aliphatic hydroxyl groups is 1. The molecule has 0 fully saturated rings. The predicted molar refractivity (Wildman–Crippen MR) is 62.6 cm³/mol. The molecule has 0 bridgehead atoms. The molecule has 92 valence electrons. The van der Waals surface area contributed by atoms with E-state index >= 15 is 0 Å². The number of nitrogens with zero attached hydrogens (tertiary/aromatic N) is 3. The fraction of sp³-hybridized carbons (Fsp3) is 0.500. The lowest BCUT2D eigenvalue weighted by Gasteiger charge is -2.08. The maximum absolute atomic E-state index is 9.31. The van der Waals surface area contributed by atoms with Gasteiger partial charge in [0.2, 0.25) is 5.89 Å². The Morgan fingerprint density at radius 2 is 2.29 bits per heavy atom. The van der Waals surface area contributed by atoms with Crippen LogP contribution in [0.1, 0.15) is 35.4 Å². The van der Waals surface area contributed by atoms with Crippen LogP contribution in [0.25, 0.3) is 0 Å². The van der Waals surface area contributed by atoms with Gasteiger partial charge in [-0.05, 0) is 13.8 Å². The summed E-state index contributed by atoms with van der Waals surface area (Å²) in [6, 6.07) is -0.644. The van der Waals surface area contributed by atoms with Gasteiger partial charge in [0, 0.05) is 11.1 Å². The molecule has 2 rings (SSSR count). The van der Waals surface area contributed by atoms with Gasteiger partial charge in [-0.3, -0.25) is 0 Å². The highest BCUT2D eigenvalue weighted by Crippen LogP contribution is 2.15. The van der Waals surface area contributed by atoms with Crippen molar-refractivity contribution in [3.8, 4) is 0 Å². The number of aromatic nitrogens is 3. The van der Waals surface area contributed by atoms with Crippen molar-refractivity contribution >= 4 is 11.3 Å². The van der Waals surface area contributed by atoms with Crippen LogP contribution in [0.15, 0.2) is 9.90 Å². The minimum absolute atomic E-state index is 0.253. The van der Waals surface area contributed by atoms with Crippen LogP contribution in [0.3, 0.4) is 0 Å². The third-order valence-corrected chi connectivity index (χ3v) is 3.23. The molecule has 2 aromatic rings. The zero-order chi connectivity index (χ0) is 12.4. The number of nitrogens with two attached hydrogens (primary N) is 1. The van der Waals surface area contributed by atoms with E-state index in [1.54, 1.807) is 18.3 Å². The first kappa shape index (κ1) is 12.2. The number of thiazole rings is 1. The van der Waals surface area contributed by atoms with E-state index in [1.807, 2.05) is 12.3 Å². The zero-order valence-electron chi connectivity index (χ0n) is 9.62. The van der Waals surface area contributed by atoms with Crippen LogP contribution in [0.4, 0.5) is 0 Å². The van der Waals surface area contributed by atoms with Gasteiger partial charge in [-0.25, -0.2) is 4.98 Å². The molecule has 0 saturated heterocycles. The molecular formula is C10H14N4O2S. The van der Waals surface area contributed by atoms with E-state index in [1.165, 1.54) is 0 Å². The van der Waals surface area contributed by atoms with Crippen molar-refractivity contribution in [3.63, 3.8) is 0 Å². The minimum Gasteiger partial charge on any atom is -0.391 e. The fourth-order valence-corrected chi connectivity index (χ4v) is 2.07. The summed E-state index contributed by atoms with van der Waals surface area (Å²) < 4.78 is 5.00. The molecule has 2 atom stereocenters. The summed E-state index contributed by atoms with van der Waals surface area (Å²) in [6.45, 7) is 3.52. The first-order valence-electron chi connectivity index (χ1n) is 5.23. The predicted octanol–water partition coefficient (Wildman–Crippen LogP) is 0.806. The SMILES string of the molecule is Cc1csc(Cc2noc([C@@H](N)[C@@H](C)O)n2)n1. The Labute approximate surface area is 102 Å². The summed E-state index contributed by atoms with van der Waals surface area (Å²) in [4.78, 5) is 8.45. The van der Waals surface area contributed by atoms with Gasteiger partial charge >= 0.3 is 0 Å². The number of hydrogen-bond acceptors (Lipinski definition) is 7. The Balaban J connectivity index is 2.08. The number of aryl methyl sites for hydroxylation is 1. The van der Waals surface area contributed by atoms with Crippen LogP contribution >= 0.6 is 11.3 Å². The van der Waals surface area contributed by atoms with E-state index in [0.29, 0.717) is 12.2 Å². The lowest BCUT2D eigenvalue weighted by atomic mass is 10.2. The molecule has 0 aliphatic heterocycles. The molecule has 0 aromatic carbocycles. The second kappa shape index (κ2) is 4.91. The highest BCUT2D eigenvalue weighted by molar-refractivity contribution is 7.09. The Kier molecular flexibility index (Phi) is 3.51. The first-order chi connectivity index (χ1) is 8.06. The topological polar surface area (TPSA) is 98.1 Å². The Bertz CT molecular complexity index is 494. The molecule has 0 unspecified atom stereocenters. The molecular weight excluding hydrogens is 240 g/mol. The summed E-state index contributed by atoms with van der Waals surface area (Å²) in [7, 11) is 0. The van der Waals surface area contributed by atoms with Crippen LogP contribution < -0.4 is 5.73 Å². The van der Waals surface area contributed by atoms with Gasteiger partial charge in [0.1, 0.15) is 11.0 Å². The Hall–Kier alpha value is -1.31. The number of hydrogen-bond donors (Lipinski definition) is 2. The zero-order valence-corrected chi connectivity index (χ0v) is 10.4. The van der Waals surface area contributed by atoms with Gasteiger partial charge in [0.15, 0.2) is 5.82 Å². The van der Waals surface area contributed by atoms with E-state index in [-0.39, 0.29) is 5.89 Å². The first-order valence-corrected chi connectivity index (χ1v) is 6.11. The highest BCUT2D eigenvalue weighted by atomic mass is 32.1. The molecule has 17 heavy (non-hydrogen) atoms. The monoisotopic (exact) mass is 254 g/mol. The molecule has 3 N–H and O–H groups in total. The molecule has 0 amide bonds. The quantitative estimate of drug-likeness (QED) is 0.837. The lowest BCUT2D eigenvalue weighted by Crippen LogP contribution is -2.23. The van der Waals surface area contributed by atoms with Crippen LogP contribution in [0, 0.1) is 6.92 Å². The van der Waals surface area contributed by atoms with E-state index < -0.39 is 12.1 Å². The van der Waals surface area contributed by atoms with E-state index in [2.05, 4.69) is 15.1 Å². The molecule has 0 saturated carbocycles. The normalized spacial score (nSPS) is 14.8. The smallest absolute Gasteiger partial charge is 0.246 e. The van der Waals surface area contributed by atoms with Crippen molar-refractivity contribution in [1.82, 2.24) is 15.1 Å². The van der Waals surface area contributed by atoms with Crippen LogP contribution in [-0.4, -0.2) is 26.3 Å². The molecule has 2 heterocycles. The Morgan fingerprint density at radius 3 is 2.88 bits per heavy atom. The van der Waals surface area contributed by atoms with Gasteiger partial charge in [-0.2, -0.15) is 4.98 Å². The largest absolute Gasteiger partial charge is 0.391 e. The number of rotatable bonds is 4. The second-order valence-corrected chi connectivity index (χ2v) is 4.82. The summed E-state index contributed by atoms with van der Waals surface area (Å²) in [6.07, 6.45) is -0.195. The highest BCUT2D eigenvalue weighted by Gasteiger charge is 2.19. The summed E-state index contributed by atoms with van der Waals surface area (Å²) in [5.74, 6) is 0.786. The van der Waals surface area contributed by atoms with Crippen LogP contribution in [-0.2, 0) is 6.42 Å². The standard InChI is InChI=1S/C10H14N4O2S/c1-5-4-17-8(12-5)3-7-13-10(16-14-7)9(11)6(2)15/h4,6,9,15H,3,11H2,1-2H3/t6-,9+/m1/s1. The van der Waals surface area contributed by atoms with Gasteiger partial charge in [-0.1, -0.05) is 5.16 Å². The molecule has 0 spiro atoms. The van der Waals surface area contributed by atoms with Crippen LogP contribution in [0.5, 0.6) is 0 Å². The molecule has 7 heteroatoms. The van der Waals surface area contributed by atoms with Gasteiger partial charge in [-0.15, -0.1) is 11.3 Å². The average Bonchev–Trinajstić information content (AvgIpc) is 2.87. The Morgan fingerprint density at radius 1 is 1.53 bits per heavy atom. The minimum atomic E-state index is -0.717. The summed E-state index contributed by atoms with van der Waals surface area (Å²) in [5.41, 5.74) is 6.67. The maximum atomic E-state index is 9.31. The summed E-state index contributed by atoms with van der Waals surface area (Å²) >= 11 is 1.55. The van der Waals surface area contributed by atoms with Crippen molar-refractivity contribution in [1.29, 1.82) is 0 Å². The van der Waals surface area contributed by atoms with E-state index in [4.69, 9.17) is 10.3 Å². The molecule has 6 nitrogen and oxygen atoms in total. The van der Waals surface area contributed by atoms with E-state index in [0.717, 1.165) is 10.7 Å². The van der Waals surface area contributed by atoms with E-state index in [9.17, 15) is 5.11 Å². The lowest BCUT2D eigenvalue weighted by molar-refractivity contribution is 0.146. The van der Waals surface area contributed by atoms with Crippen molar-refractivity contribution in [2.45, 2.75) is 32.4 Å². The fourth-order valence-electron chi connectivity index (χ4n) is 1.30. The average molecular weight is 254 g/mol. The van der Waals surface area contributed by atoms with Crippen molar-refractivity contribution in [2.75, 3.05) is 0 Å². The third-order valence-electron chi connectivity index (χ3n) is 2.26. The van der Waals surface area contributed by atoms with Gasteiger partial charge < -0.3 is 15.4 Å². The molecule has 2 aromatic heterocycles. The van der Waals surface area contributed by atoms with Crippen molar-refractivity contribution in [3.05, 3.63) is 27.8 Å². The number of aliphatic hydroxyl groups excluding tert-OH is 1. The van der Waals surface area contributed by atoms with Crippen LogP contribution in [0.2, 0.25) is 0 Å².